The van der Waals surface area contributed by atoms with Crippen molar-refractivity contribution in [1.82, 2.24) is 15.5 Å². The Bertz CT molecular complexity index is 1430. The Balaban J connectivity index is 1.36. The molecule has 7 heteroatoms. The molecule has 5 aromatic rings. The van der Waals surface area contributed by atoms with Gasteiger partial charge in [0.15, 0.2) is 5.76 Å². The number of aryl methyl sites for hydroxylation is 1. The molecule has 1 amide bonds. The van der Waals surface area contributed by atoms with Gasteiger partial charge in [-0.3, -0.25) is 4.79 Å². The summed E-state index contributed by atoms with van der Waals surface area (Å²) in [4.78, 5) is 18.5. The van der Waals surface area contributed by atoms with Crippen LogP contribution in [0.3, 0.4) is 0 Å². The Kier molecular flexibility index (Phi) is 5.47. The van der Waals surface area contributed by atoms with Crippen LogP contribution in [0.4, 0.5) is 0 Å². The minimum absolute atomic E-state index is 0.167. The lowest BCUT2D eigenvalue weighted by molar-refractivity contribution is 0.0951. The average Bonchev–Trinajstić information content (AvgIpc) is 3.41. The molecular weight excluding hydrogens is 442 g/mol. The monoisotopic (exact) mass is 459 g/mol. The van der Waals surface area contributed by atoms with E-state index in [9.17, 15) is 4.79 Å². The largest absolute Gasteiger partial charge is 0.355 e. The van der Waals surface area contributed by atoms with Crippen LogP contribution in [0.1, 0.15) is 20.9 Å². The number of halogens is 1. The van der Waals surface area contributed by atoms with E-state index in [1.54, 1.807) is 12.1 Å². The average molecular weight is 460 g/mol. The number of carbonyl (C=O) groups is 1. The zero-order chi connectivity index (χ0) is 22.1. The smallest absolute Gasteiger partial charge is 0.251 e. The van der Waals surface area contributed by atoms with Gasteiger partial charge < -0.3 is 9.84 Å². The Labute approximate surface area is 193 Å². The second-order valence-electron chi connectivity index (χ2n) is 7.30. The van der Waals surface area contributed by atoms with E-state index >= 15 is 0 Å². The van der Waals surface area contributed by atoms with Crippen LogP contribution in [0.2, 0.25) is 5.02 Å². The summed E-state index contributed by atoms with van der Waals surface area (Å²) in [5, 5.41) is 9.42. The highest BCUT2D eigenvalue weighted by molar-refractivity contribution is 7.15. The summed E-state index contributed by atoms with van der Waals surface area (Å²) in [6, 6.07) is 22.7. The molecule has 0 saturated heterocycles. The topological polar surface area (TPSA) is 68.0 Å². The molecule has 2 aromatic heterocycles. The highest BCUT2D eigenvalue weighted by Gasteiger charge is 2.16. The standard InChI is InChI=1S/C25H18ClN3O2S/c1-15-22(32-25(28-15)18-9-5-6-10-20(18)26)14-27-24(30)17-11-12-21-19(13-17)23(31-29-21)16-7-3-2-4-8-16/h2-13H,14H2,1H3,(H,27,30). The summed E-state index contributed by atoms with van der Waals surface area (Å²) < 4.78 is 5.54. The maximum Gasteiger partial charge on any atom is 0.251 e. The van der Waals surface area contributed by atoms with E-state index in [-0.39, 0.29) is 5.91 Å². The van der Waals surface area contributed by atoms with Crippen molar-refractivity contribution in [2.75, 3.05) is 0 Å². The van der Waals surface area contributed by atoms with Crippen molar-refractivity contribution in [3.05, 3.63) is 94.0 Å². The van der Waals surface area contributed by atoms with Crippen LogP contribution in [0.15, 0.2) is 77.3 Å². The molecule has 0 aliphatic carbocycles. The molecule has 158 valence electrons. The van der Waals surface area contributed by atoms with E-state index in [0.717, 1.165) is 32.1 Å². The van der Waals surface area contributed by atoms with Crippen LogP contribution in [-0.2, 0) is 6.54 Å². The van der Waals surface area contributed by atoms with Crippen molar-refractivity contribution in [3.8, 4) is 21.9 Å². The fourth-order valence-electron chi connectivity index (χ4n) is 3.48. The van der Waals surface area contributed by atoms with Crippen molar-refractivity contribution in [3.63, 3.8) is 0 Å². The summed E-state index contributed by atoms with van der Waals surface area (Å²) in [5.41, 5.74) is 3.95. The predicted molar refractivity (Wildman–Crippen MR) is 128 cm³/mol. The number of carbonyl (C=O) groups excluding carboxylic acids is 1. The van der Waals surface area contributed by atoms with Gasteiger partial charge in [-0.25, -0.2) is 4.98 Å². The van der Waals surface area contributed by atoms with Gasteiger partial charge in [0, 0.05) is 21.6 Å². The molecule has 3 aromatic carbocycles. The lowest BCUT2D eigenvalue weighted by atomic mass is 10.1. The van der Waals surface area contributed by atoms with Gasteiger partial charge in [-0.1, -0.05) is 65.3 Å². The first-order valence-corrected chi connectivity index (χ1v) is 11.2. The lowest BCUT2D eigenvalue weighted by Crippen LogP contribution is -2.22. The van der Waals surface area contributed by atoms with Crippen LogP contribution in [0.5, 0.6) is 0 Å². The highest BCUT2D eigenvalue weighted by atomic mass is 35.5. The molecule has 5 rings (SSSR count). The van der Waals surface area contributed by atoms with Gasteiger partial charge in [0.25, 0.3) is 5.91 Å². The van der Waals surface area contributed by atoms with E-state index < -0.39 is 0 Å². The molecule has 0 saturated carbocycles. The van der Waals surface area contributed by atoms with Crippen LogP contribution < -0.4 is 5.32 Å². The van der Waals surface area contributed by atoms with Gasteiger partial charge in [0.05, 0.1) is 22.6 Å². The molecule has 0 radical (unpaired) electrons. The van der Waals surface area contributed by atoms with Crippen molar-refractivity contribution >= 4 is 39.7 Å². The Morgan fingerprint density at radius 3 is 2.66 bits per heavy atom. The number of benzene rings is 3. The number of thiazole rings is 1. The number of amides is 1. The third-order valence-corrected chi connectivity index (χ3v) is 6.70. The number of rotatable bonds is 5. The third-order valence-electron chi connectivity index (χ3n) is 5.18. The SMILES string of the molecule is Cc1nc(-c2ccccc2Cl)sc1CNC(=O)c1ccc2noc(-c3ccccc3)c2c1. The van der Waals surface area contributed by atoms with Crippen molar-refractivity contribution in [1.29, 1.82) is 0 Å². The quantitative estimate of drug-likeness (QED) is 0.325. The number of hydrogen-bond acceptors (Lipinski definition) is 5. The van der Waals surface area contributed by atoms with Crippen LogP contribution in [-0.4, -0.2) is 16.0 Å². The molecule has 0 spiro atoms. The number of fused-ring (bicyclic) bond motifs is 1. The third kappa shape index (κ3) is 3.90. The second-order valence-corrected chi connectivity index (χ2v) is 8.79. The molecule has 32 heavy (non-hydrogen) atoms. The molecule has 1 N–H and O–H groups in total. The van der Waals surface area contributed by atoms with E-state index in [4.69, 9.17) is 16.1 Å². The molecule has 0 bridgehead atoms. The maximum atomic E-state index is 12.9. The molecule has 0 aliphatic heterocycles. The molecule has 0 atom stereocenters. The fraction of sp³-hybridized carbons (Fsp3) is 0.0800. The van der Waals surface area contributed by atoms with Crippen molar-refractivity contribution in [2.24, 2.45) is 0 Å². The zero-order valence-electron chi connectivity index (χ0n) is 17.1. The summed E-state index contributed by atoms with van der Waals surface area (Å²) in [6.45, 7) is 2.33. The minimum Gasteiger partial charge on any atom is -0.355 e. The summed E-state index contributed by atoms with van der Waals surface area (Å²) in [5.74, 6) is 0.483. The predicted octanol–water partition coefficient (Wildman–Crippen LogP) is 6.51. The van der Waals surface area contributed by atoms with Gasteiger partial charge in [0.2, 0.25) is 0 Å². The summed E-state index contributed by atoms with van der Waals surface area (Å²) >= 11 is 7.84. The number of nitrogens with zero attached hydrogens (tertiary/aromatic N) is 2. The van der Waals surface area contributed by atoms with E-state index in [0.29, 0.717) is 28.4 Å². The zero-order valence-corrected chi connectivity index (χ0v) is 18.7. The van der Waals surface area contributed by atoms with Gasteiger partial charge in [-0.2, -0.15) is 0 Å². The first-order valence-electron chi connectivity index (χ1n) is 10.0. The first-order chi connectivity index (χ1) is 15.6. The van der Waals surface area contributed by atoms with Crippen LogP contribution >= 0.6 is 22.9 Å². The Hall–Kier alpha value is -3.48. The second kappa shape index (κ2) is 8.57. The van der Waals surface area contributed by atoms with E-state index in [1.807, 2.05) is 67.6 Å². The molecule has 5 nitrogen and oxygen atoms in total. The van der Waals surface area contributed by atoms with Crippen LogP contribution in [0, 0.1) is 6.92 Å². The fourth-order valence-corrected chi connectivity index (χ4v) is 4.81. The van der Waals surface area contributed by atoms with Gasteiger partial charge in [0.1, 0.15) is 10.5 Å². The first kappa shape index (κ1) is 20.4. The molecule has 0 fully saturated rings. The number of aromatic nitrogens is 2. The highest BCUT2D eigenvalue weighted by Crippen LogP contribution is 2.33. The van der Waals surface area contributed by atoms with Gasteiger partial charge in [-0.05, 0) is 31.2 Å². The Morgan fingerprint density at radius 1 is 1.06 bits per heavy atom. The van der Waals surface area contributed by atoms with Gasteiger partial charge >= 0.3 is 0 Å². The molecule has 2 heterocycles. The molecular formula is C25H18ClN3O2S. The molecule has 0 unspecified atom stereocenters. The lowest BCUT2D eigenvalue weighted by Gasteiger charge is -2.05. The minimum atomic E-state index is -0.167. The maximum absolute atomic E-state index is 12.9. The van der Waals surface area contributed by atoms with Crippen molar-refractivity contribution in [2.45, 2.75) is 13.5 Å². The number of nitrogens with one attached hydrogen (secondary N) is 1. The van der Waals surface area contributed by atoms with Crippen LogP contribution in [0.25, 0.3) is 32.8 Å². The number of hydrogen-bond donors (Lipinski definition) is 1. The van der Waals surface area contributed by atoms with Crippen molar-refractivity contribution < 1.29 is 9.32 Å². The summed E-state index contributed by atoms with van der Waals surface area (Å²) in [6.07, 6.45) is 0. The van der Waals surface area contributed by atoms with E-state index in [2.05, 4.69) is 15.5 Å². The molecule has 0 aliphatic rings. The van der Waals surface area contributed by atoms with Gasteiger partial charge in [-0.15, -0.1) is 11.3 Å². The Morgan fingerprint density at radius 2 is 1.84 bits per heavy atom. The normalized spacial score (nSPS) is 11.1. The van der Waals surface area contributed by atoms with E-state index in [1.165, 1.54) is 11.3 Å². The summed E-state index contributed by atoms with van der Waals surface area (Å²) in [7, 11) is 0.